The molecule has 0 bridgehead atoms. The Balaban J connectivity index is 1.69. The lowest BCUT2D eigenvalue weighted by molar-refractivity contribution is -0.141. The summed E-state index contributed by atoms with van der Waals surface area (Å²) in [7, 11) is 3.16. The third-order valence-corrected chi connectivity index (χ3v) is 5.19. The van der Waals surface area contributed by atoms with E-state index in [2.05, 4.69) is 4.90 Å². The minimum atomic E-state index is -0.319. The molecule has 3 heterocycles. The molecule has 0 aliphatic carbocycles. The van der Waals surface area contributed by atoms with Crippen LogP contribution in [0.4, 0.5) is 0 Å². The molecule has 2 aliphatic rings. The molecule has 25 heavy (non-hydrogen) atoms. The van der Waals surface area contributed by atoms with E-state index in [1.54, 1.807) is 7.05 Å². The molecule has 0 aromatic carbocycles. The van der Waals surface area contributed by atoms with Gasteiger partial charge in [-0.25, -0.2) is 4.79 Å². The van der Waals surface area contributed by atoms with Crippen molar-refractivity contribution in [3.8, 4) is 0 Å². The Labute approximate surface area is 146 Å². The second-order valence-electron chi connectivity index (χ2n) is 6.89. The van der Waals surface area contributed by atoms with Crippen molar-refractivity contribution in [2.24, 2.45) is 20.0 Å². The average molecular weight is 350 g/mol. The summed E-state index contributed by atoms with van der Waals surface area (Å²) >= 11 is 0. The number of hydrogen-bond donors (Lipinski definition) is 0. The molecule has 1 aromatic rings. The van der Waals surface area contributed by atoms with Gasteiger partial charge in [-0.05, 0) is 19.4 Å². The first kappa shape index (κ1) is 17.9. The number of likely N-dealkylation sites (tertiary alicyclic amines) is 1. The van der Waals surface area contributed by atoms with Crippen LogP contribution in [0.25, 0.3) is 0 Å². The zero-order valence-electron chi connectivity index (χ0n) is 14.9. The molecule has 1 aromatic heterocycles. The van der Waals surface area contributed by atoms with E-state index >= 15 is 0 Å². The predicted octanol–water partition coefficient (Wildman–Crippen LogP) is -0.845. The van der Waals surface area contributed by atoms with E-state index in [1.165, 1.54) is 17.7 Å². The standard InChI is InChI=1S/C17H26N4O4/c1-18-14(10-15(22)19(2)17(18)24)12-20-5-3-4-13(11-20)16(23)21-6-8-25-9-7-21/h10,13H,3-9,11-12H2,1-2H3. The fourth-order valence-electron chi connectivity index (χ4n) is 3.60. The van der Waals surface area contributed by atoms with Crippen LogP contribution < -0.4 is 11.2 Å². The maximum Gasteiger partial charge on any atom is 0.330 e. The van der Waals surface area contributed by atoms with Gasteiger partial charge >= 0.3 is 5.69 Å². The number of aromatic nitrogens is 2. The molecule has 3 rings (SSSR count). The van der Waals surface area contributed by atoms with Crippen LogP contribution in [0.15, 0.2) is 15.7 Å². The molecule has 1 unspecified atom stereocenters. The highest BCUT2D eigenvalue weighted by molar-refractivity contribution is 5.79. The smallest absolute Gasteiger partial charge is 0.330 e. The molecule has 0 spiro atoms. The van der Waals surface area contributed by atoms with Crippen LogP contribution >= 0.6 is 0 Å². The van der Waals surface area contributed by atoms with Crippen molar-refractivity contribution in [2.45, 2.75) is 19.4 Å². The van der Waals surface area contributed by atoms with Crippen LogP contribution in [0.3, 0.4) is 0 Å². The van der Waals surface area contributed by atoms with Gasteiger partial charge in [-0.15, -0.1) is 0 Å². The lowest BCUT2D eigenvalue weighted by Gasteiger charge is -2.36. The molecule has 2 fully saturated rings. The molecular weight excluding hydrogens is 324 g/mol. The lowest BCUT2D eigenvalue weighted by atomic mass is 9.96. The normalized spacial score (nSPS) is 22.2. The van der Waals surface area contributed by atoms with Crippen LogP contribution in [-0.2, 0) is 30.2 Å². The van der Waals surface area contributed by atoms with Crippen LogP contribution in [-0.4, -0.2) is 64.2 Å². The first-order chi connectivity index (χ1) is 12.0. The third kappa shape index (κ3) is 3.85. The quantitative estimate of drug-likeness (QED) is 0.710. The Bertz CT molecular complexity index is 748. The molecule has 0 saturated carbocycles. The van der Waals surface area contributed by atoms with Crippen molar-refractivity contribution in [2.75, 3.05) is 39.4 Å². The van der Waals surface area contributed by atoms with Crippen molar-refractivity contribution in [3.63, 3.8) is 0 Å². The number of carbonyl (C=O) groups is 1. The summed E-state index contributed by atoms with van der Waals surface area (Å²) in [6.45, 7) is 4.59. The minimum absolute atomic E-state index is 0.0181. The number of ether oxygens (including phenoxy) is 1. The molecule has 138 valence electrons. The van der Waals surface area contributed by atoms with Gasteiger partial charge in [-0.1, -0.05) is 0 Å². The summed E-state index contributed by atoms with van der Waals surface area (Å²) < 4.78 is 7.92. The largest absolute Gasteiger partial charge is 0.378 e. The Morgan fingerprint density at radius 3 is 2.60 bits per heavy atom. The molecule has 0 N–H and O–H groups in total. The number of amides is 1. The van der Waals surface area contributed by atoms with E-state index in [4.69, 9.17) is 4.74 Å². The third-order valence-electron chi connectivity index (χ3n) is 5.19. The monoisotopic (exact) mass is 350 g/mol. The van der Waals surface area contributed by atoms with Gasteiger partial charge in [0.25, 0.3) is 5.56 Å². The maximum absolute atomic E-state index is 12.7. The van der Waals surface area contributed by atoms with Gasteiger partial charge in [-0.2, -0.15) is 0 Å². The summed E-state index contributed by atoms with van der Waals surface area (Å²) in [6, 6.07) is 1.51. The molecule has 2 saturated heterocycles. The summed E-state index contributed by atoms with van der Waals surface area (Å²) in [5.41, 5.74) is 0.0732. The molecule has 1 atom stereocenters. The Kier molecular flexibility index (Phi) is 5.39. The van der Waals surface area contributed by atoms with E-state index in [1.807, 2.05) is 4.90 Å². The number of piperidine rings is 1. The summed E-state index contributed by atoms with van der Waals surface area (Å²) in [5.74, 6) is 0.182. The Morgan fingerprint density at radius 1 is 1.16 bits per heavy atom. The lowest BCUT2D eigenvalue weighted by Crippen LogP contribution is -2.48. The van der Waals surface area contributed by atoms with Crippen molar-refractivity contribution < 1.29 is 9.53 Å². The highest BCUT2D eigenvalue weighted by Gasteiger charge is 2.30. The minimum Gasteiger partial charge on any atom is -0.378 e. The van der Waals surface area contributed by atoms with Gasteiger partial charge < -0.3 is 9.64 Å². The molecule has 0 radical (unpaired) electrons. The van der Waals surface area contributed by atoms with Gasteiger partial charge in [0.05, 0.1) is 19.1 Å². The van der Waals surface area contributed by atoms with Crippen LogP contribution in [0.1, 0.15) is 18.5 Å². The maximum atomic E-state index is 12.7. The number of nitrogens with zero attached hydrogens (tertiary/aromatic N) is 4. The van der Waals surface area contributed by atoms with Crippen molar-refractivity contribution in [1.82, 2.24) is 18.9 Å². The predicted molar refractivity (Wildman–Crippen MR) is 92.3 cm³/mol. The van der Waals surface area contributed by atoms with Gasteiger partial charge in [0.2, 0.25) is 5.91 Å². The highest BCUT2D eigenvalue weighted by atomic mass is 16.5. The first-order valence-corrected chi connectivity index (χ1v) is 8.82. The van der Waals surface area contributed by atoms with Crippen LogP contribution in [0.5, 0.6) is 0 Å². The molecule has 2 aliphatic heterocycles. The van der Waals surface area contributed by atoms with E-state index in [-0.39, 0.29) is 23.1 Å². The number of rotatable bonds is 3. The second kappa shape index (κ2) is 7.53. The summed E-state index contributed by atoms with van der Waals surface area (Å²) in [6.07, 6.45) is 1.84. The van der Waals surface area contributed by atoms with E-state index in [0.29, 0.717) is 45.1 Å². The molecular formula is C17H26N4O4. The highest BCUT2D eigenvalue weighted by Crippen LogP contribution is 2.20. The van der Waals surface area contributed by atoms with Crippen molar-refractivity contribution >= 4 is 5.91 Å². The summed E-state index contributed by atoms with van der Waals surface area (Å²) in [5, 5.41) is 0. The van der Waals surface area contributed by atoms with Gasteiger partial charge in [0, 0.05) is 52.0 Å². The van der Waals surface area contributed by atoms with Gasteiger partial charge in [0.1, 0.15) is 0 Å². The number of hydrogen-bond acceptors (Lipinski definition) is 5. The zero-order valence-corrected chi connectivity index (χ0v) is 14.9. The Morgan fingerprint density at radius 2 is 1.88 bits per heavy atom. The zero-order chi connectivity index (χ0) is 18.0. The number of carbonyl (C=O) groups excluding carboxylic acids is 1. The van der Waals surface area contributed by atoms with E-state index < -0.39 is 0 Å². The van der Waals surface area contributed by atoms with E-state index in [0.717, 1.165) is 24.0 Å². The van der Waals surface area contributed by atoms with E-state index in [9.17, 15) is 14.4 Å². The molecule has 1 amide bonds. The summed E-state index contributed by atoms with van der Waals surface area (Å²) in [4.78, 5) is 40.7. The van der Waals surface area contributed by atoms with Crippen LogP contribution in [0.2, 0.25) is 0 Å². The first-order valence-electron chi connectivity index (χ1n) is 8.82. The SMILES string of the molecule is Cn1c(CN2CCCC(C(=O)N3CCOCC3)C2)cc(=O)n(C)c1=O. The van der Waals surface area contributed by atoms with Crippen molar-refractivity contribution in [3.05, 3.63) is 32.6 Å². The fourth-order valence-corrected chi connectivity index (χ4v) is 3.60. The van der Waals surface area contributed by atoms with Gasteiger partial charge in [0.15, 0.2) is 0 Å². The average Bonchev–Trinajstić information content (AvgIpc) is 2.64. The van der Waals surface area contributed by atoms with Crippen LogP contribution in [0, 0.1) is 5.92 Å². The van der Waals surface area contributed by atoms with Gasteiger partial charge in [-0.3, -0.25) is 23.6 Å². The number of morpholine rings is 1. The Hall–Kier alpha value is -1.93. The second-order valence-corrected chi connectivity index (χ2v) is 6.89. The fraction of sp³-hybridized carbons (Fsp3) is 0.706. The topological polar surface area (TPSA) is 76.8 Å². The van der Waals surface area contributed by atoms with Crippen molar-refractivity contribution in [1.29, 1.82) is 0 Å². The molecule has 8 nitrogen and oxygen atoms in total. The molecule has 8 heteroatoms.